The van der Waals surface area contributed by atoms with Crippen LogP contribution in [0.25, 0.3) is 0 Å². The molecule has 334 valence electrons. The Balaban J connectivity index is 1.20. The maximum absolute atomic E-state index is 10.4. The van der Waals surface area contributed by atoms with Crippen molar-refractivity contribution >= 4 is 28.0 Å². The molecule has 8 heteroatoms. The Kier molecular flexibility index (Phi) is 12.4. The van der Waals surface area contributed by atoms with Gasteiger partial charge in [0.2, 0.25) is 0 Å². The van der Waals surface area contributed by atoms with Gasteiger partial charge in [-0.2, -0.15) is 0 Å². The number of benzene rings is 9. The predicted molar refractivity (Wildman–Crippen MR) is 271 cm³/mol. The zero-order valence-corrected chi connectivity index (χ0v) is 38.3. The van der Waals surface area contributed by atoms with E-state index in [1.54, 1.807) is 57.7 Å². The average Bonchev–Trinajstić information content (AvgIpc) is 3.39. The fourth-order valence-corrected chi connectivity index (χ4v) is 15.0. The van der Waals surface area contributed by atoms with E-state index in [1.807, 2.05) is 78.9 Å². The molecule has 9 aromatic rings. The van der Waals surface area contributed by atoms with Crippen LogP contribution >= 0.6 is 6.83 Å². The van der Waals surface area contributed by atoms with Gasteiger partial charge in [-0.3, -0.25) is 0 Å². The monoisotopic (exact) mass is 902 g/mol. The van der Waals surface area contributed by atoms with Crippen LogP contribution < -0.4 is 40.0 Å². The summed E-state index contributed by atoms with van der Waals surface area (Å²) >= 11 is 0. The average molecular weight is 903 g/mol. The molecule has 9 aromatic carbocycles. The molecule has 0 saturated carbocycles. The first-order valence-electron chi connectivity index (χ1n) is 22.0. The number of ether oxygens (including phenoxy) is 3. The van der Waals surface area contributed by atoms with Crippen LogP contribution in [0.4, 0.5) is 0 Å². The van der Waals surface area contributed by atoms with E-state index >= 15 is 0 Å². The number of phenolic OH excluding ortho intramolecular Hbond substituents is 3. The second-order valence-electron chi connectivity index (χ2n) is 16.4. The van der Waals surface area contributed by atoms with Crippen LogP contribution in [0.3, 0.4) is 0 Å². The van der Waals surface area contributed by atoms with Crippen LogP contribution in [-0.2, 0) is 0 Å². The number of methoxy groups -OCH3 is 3. The third-order valence-corrected chi connectivity index (χ3v) is 18.4. The van der Waals surface area contributed by atoms with Gasteiger partial charge in [0.05, 0.1) is 0 Å². The Morgan fingerprint density at radius 3 is 0.806 bits per heavy atom. The van der Waals surface area contributed by atoms with Gasteiger partial charge in [-0.25, -0.2) is 0 Å². The van der Waals surface area contributed by atoms with Crippen LogP contribution in [0.5, 0.6) is 40.2 Å². The summed E-state index contributed by atoms with van der Waals surface area (Å²) in [6, 6.07) is 74.0. The number of hydrogen-bond donors (Lipinski definition) is 3. The zero-order chi connectivity index (χ0) is 46.4. The van der Waals surface area contributed by atoms with Gasteiger partial charge in [0.1, 0.15) is 11.5 Å². The van der Waals surface area contributed by atoms with Crippen molar-refractivity contribution in [2.45, 2.75) is 11.8 Å². The predicted octanol–water partition coefficient (Wildman–Crippen LogP) is 11.3. The molecule has 1 unspecified atom stereocenters. The van der Waals surface area contributed by atoms with E-state index < -0.39 is 6.83 Å². The fraction of sp³-hybridized carbons (Fsp3) is 0.0847. The maximum atomic E-state index is 10.4. The SMILES string of the molecule is COc1ccc(P(Oc2ccc(C(c3ccc(O)cc3)c3ccc(C(c4ccc(O)cc4)c4ccc(O)cc4)cc3)cc2)(c2ccccc2)(c2ccc(OC)cc2)c2ccc(OC)cc2)cc1. The molecule has 9 rings (SSSR count). The van der Waals surface area contributed by atoms with Gasteiger partial charge in [-0.05, 0) is 24.3 Å². The summed E-state index contributed by atoms with van der Waals surface area (Å²) in [6.07, 6.45) is 0. The van der Waals surface area contributed by atoms with Crippen molar-refractivity contribution < 1.29 is 34.1 Å². The molecule has 67 heavy (non-hydrogen) atoms. The topological polar surface area (TPSA) is 97.6 Å². The van der Waals surface area contributed by atoms with Gasteiger partial charge in [-0.1, -0.05) is 24.3 Å². The first kappa shape index (κ1) is 44.2. The van der Waals surface area contributed by atoms with Crippen LogP contribution in [0.2, 0.25) is 0 Å². The summed E-state index contributed by atoms with van der Waals surface area (Å²) in [4.78, 5) is 0. The normalized spacial score (nSPS) is 12.4. The zero-order valence-electron chi connectivity index (χ0n) is 37.4. The van der Waals surface area contributed by atoms with E-state index in [0.29, 0.717) is 5.75 Å². The van der Waals surface area contributed by atoms with Crippen molar-refractivity contribution in [2.24, 2.45) is 0 Å². The van der Waals surface area contributed by atoms with Crippen molar-refractivity contribution in [3.8, 4) is 40.2 Å². The van der Waals surface area contributed by atoms with Crippen molar-refractivity contribution in [1.29, 1.82) is 0 Å². The Hall–Kier alpha value is -7.99. The molecule has 0 amide bonds. The van der Waals surface area contributed by atoms with Gasteiger partial charge in [0, 0.05) is 0 Å². The van der Waals surface area contributed by atoms with Crippen molar-refractivity contribution in [3.05, 3.63) is 258 Å². The van der Waals surface area contributed by atoms with E-state index in [9.17, 15) is 15.3 Å². The van der Waals surface area contributed by atoms with Gasteiger partial charge in [0.25, 0.3) is 0 Å². The molecule has 0 aliphatic carbocycles. The molecule has 0 radical (unpaired) electrons. The first-order chi connectivity index (χ1) is 32.7. The van der Waals surface area contributed by atoms with E-state index in [0.717, 1.165) is 71.8 Å². The van der Waals surface area contributed by atoms with Crippen molar-refractivity contribution in [3.63, 3.8) is 0 Å². The van der Waals surface area contributed by atoms with Crippen molar-refractivity contribution in [1.82, 2.24) is 0 Å². The molecule has 0 aliphatic rings. The Labute approximate surface area is 391 Å². The van der Waals surface area contributed by atoms with Crippen LogP contribution in [0.1, 0.15) is 45.2 Å². The fourth-order valence-electron chi connectivity index (χ4n) is 9.39. The molecule has 0 aromatic heterocycles. The molecule has 7 nitrogen and oxygen atoms in total. The molecule has 0 heterocycles. The van der Waals surface area contributed by atoms with E-state index in [2.05, 4.69) is 109 Å². The second-order valence-corrected chi connectivity index (χ2v) is 20.8. The quantitative estimate of drug-likeness (QED) is 0.0696. The summed E-state index contributed by atoms with van der Waals surface area (Å²) in [5.74, 6) is 3.07. The molecule has 0 spiro atoms. The van der Waals surface area contributed by atoms with Crippen molar-refractivity contribution in [2.75, 3.05) is 21.3 Å². The summed E-state index contributed by atoms with van der Waals surface area (Å²) in [5, 5.41) is 34.6. The van der Waals surface area contributed by atoms with Gasteiger partial charge < -0.3 is 10.2 Å². The third-order valence-electron chi connectivity index (χ3n) is 12.7. The summed E-state index contributed by atoms with van der Waals surface area (Å²) in [5.41, 5.74) is 6.15. The molecule has 1 atom stereocenters. The number of phenols is 3. The Morgan fingerprint density at radius 1 is 0.284 bits per heavy atom. The molecule has 3 N–H and O–H groups in total. The third kappa shape index (κ3) is 8.31. The molecule has 0 bridgehead atoms. The molecular weight excluding hydrogens is 852 g/mol. The number of rotatable bonds is 15. The first-order valence-corrected chi connectivity index (χ1v) is 24.2. The van der Waals surface area contributed by atoms with E-state index in [-0.39, 0.29) is 29.1 Å². The number of hydrogen-bond acceptors (Lipinski definition) is 7. The molecule has 0 aliphatic heterocycles. The second kappa shape index (κ2) is 18.9. The van der Waals surface area contributed by atoms with Gasteiger partial charge in [-0.15, -0.1) is 0 Å². The summed E-state index contributed by atoms with van der Waals surface area (Å²) in [7, 11) is 5.01. The molecular formula is C59H51O7P. The standard InChI is InChI=1S/C59H51O7P/c1-63-50-29-35-55(36-30-50)67(54-7-5-4-6-8-54,56-37-31-51(64-2)32-38-56,57-39-33-52(65-3)34-40-57)66-53-27-19-46(20-28-53)59(45-17-25-49(62)26-18-45)42-11-9-41(10-12-42)58(43-13-21-47(60)22-14-43)44-15-23-48(61)24-16-44/h4-40,58-62H,1-3H3. The summed E-state index contributed by atoms with van der Waals surface area (Å²) < 4.78 is 25.1. The molecule has 0 fully saturated rings. The Morgan fingerprint density at radius 2 is 0.522 bits per heavy atom. The van der Waals surface area contributed by atoms with Crippen LogP contribution in [0.15, 0.2) is 224 Å². The molecule has 0 saturated heterocycles. The van der Waals surface area contributed by atoms with Gasteiger partial charge in [0.15, 0.2) is 0 Å². The number of aromatic hydroxyl groups is 3. The minimum atomic E-state index is -4.23. The summed E-state index contributed by atoms with van der Waals surface area (Å²) in [6.45, 7) is -4.23. The minimum absolute atomic E-state index is 0.151. The van der Waals surface area contributed by atoms with E-state index in [1.165, 1.54) is 0 Å². The van der Waals surface area contributed by atoms with Crippen LogP contribution in [-0.4, -0.2) is 36.6 Å². The Bertz CT molecular complexity index is 2870. The van der Waals surface area contributed by atoms with Crippen LogP contribution in [0, 0.1) is 0 Å². The van der Waals surface area contributed by atoms with E-state index in [4.69, 9.17) is 18.7 Å². The van der Waals surface area contributed by atoms with Gasteiger partial charge >= 0.3 is 323 Å².